The van der Waals surface area contributed by atoms with Crippen LogP contribution in [0.4, 0.5) is 9.18 Å². The second kappa shape index (κ2) is 8.37. The molecule has 0 radical (unpaired) electrons. The van der Waals surface area contributed by atoms with E-state index in [-0.39, 0.29) is 28.6 Å². The monoisotopic (exact) mass is 390 g/mol. The van der Waals surface area contributed by atoms with Crippen molar-refractivity contribution in [2.75, 3.05) is 26.2 Å². The van der Waals surface area contributed by atoms with Gasteiger partial charge in [-0.3, -0.25) is 0 Å². The molecular weight excluding hydrogens is 357 g/mol. The van der Waals surface area contributed by atoms with Gasteiger partial charge >= 0.3 is 6.03 Å². The third-order valence-corrected chi connectivity index (χ3v) is 7.07. The first-order valence-electron chi connectivity index (χ1n) is 10.9. The molecule has 3 saturated heterocycles. The predicted molar refractivity (Wildman–Crippen MR) is 105 cm³/mol. The molecule has 5 nitrogen and oxygen atoms in total. The van der Waals surface area contributed by atoms with Crippen LogP contribution in [0.2, 0.25) is 0 Å². The van der Waals surface area contributed by atoms with Gasteiger partial charge in [-0.15, -0.1) is 0 Å². The van der Waals surface area contributed by atoms with Crippen molar-refractivity contribution < 1.29 is 19.0 Å². The van der Waals surface area contributed by atoms with E-state index in [1.54, 1.807) is 12.1 Å². The van der Waals surface area contributed by atoms with Gasteiger partial charge < -0.3 is 10.2 Å². The summed E-state index contributed by atoms with van der Waals surface area (Å²) in [6, 6.07) is 7.43. The molecule has 2 N–H and O–H groups in total. The highest BCUT2D eigenvalue weighted by atomic mass is 19.1. The maximum Gasteiger partial charge on any atom is 0.318 e. The largest absolute Gasteiger partial charge is 0.335 e. The molecule has 2 amide bonds. The average Bonchev–Trinajstić information content (AvgIpc) is 3.07. The molecule has 2 atom stereocenters. The van der Waals surface area contributed by atoms with E-state index in [0.717, 1.165) is 58.0 Å². The summed E-state index contributed by atoms with van der Waals surface area (Å²) in [5, 5.41) is 13.8. The number of benzene rings is 1. The number of nitrogens with one attached hydrogen (secondary N) is 1. The van der Waals surface area contributed by atoms with E-state index < -0.39 is 0 Å². The number of halogens is 1. The molecule has 3 aliphatic heterocycles. The number of fused-ring (bicyclic) bond motifs is 4. The molecule has 1 aromatic carbocycles. The number of amides is 2. The van der Waals surface area contributed by atoms with Crippen LogP contribution in [0.5, 0.6) is 0 Å². The number of piperidine rings is 1. The van der Waals surface area contributed by atoms with E-state index in [1.807, 2.05) is 17.0 Å². The van der Waals surface area contributed by atoms with Crippen LogP contribution in [-0.2, 0) is 6.42 Å². The van der Waals surface area contributed by atoms with Gasteiger partial charge in [0.25, 0.3) is 0 Å². The van der Waals surface area contributed by atoms with Gasteiger partial charge in [0.1, 0.15) is 25.5 Å². The van der Waals surface area contributed by atoms with E-state index in [9.17, 15) is 14.4 Å². The van der Waals surface area contributed by atoms with Crippen molar-refractivity contribution in [3.63, 3.8) is 0 Å². The molecule has 3 heterocycles. The van der Waals surface area contributed by atoms with Crippen molar-refractivity contribution >= 4 is 6.03 Å². The quantitative estimate of drug-likeness (QED) is 0.611. The zero-order valence-electron chi connectivity index (χ0n) is 16.7. The van der Waals surface area contributed by atoms with Crippen LogP contribution < -0.4 is 5.32 Å². The second-order valence-corrected chi connectivity index (χ2v) is 9.04. The van der Waals surface area contributed by atoms with Crippen LogP contribution in [0.1, 0.15) is 50.5 Å². The van der Waals surface area contributed by atoms with Gasteiger partial charge in [-0.05, 0) is 49.3 Å². The minimum atomic E-state index is -0.180. The number of carbonyl (C=O) groups excluding carboxylic acids is 1. The summed E-state index contributed by atoms with van der Waals surface area (Å²) in [5.74, 6) is 0.424. The third kappa shape index (κ3) is 4.66. The highest BCUT2D eigenvalue weighted by Gasteiger charge is 2.42. The Morgan fingerprint density at radius 1 is 1.07 bits per heavy atom. The molecule has 1 aliphatic carbocycles. The molecule has 5 rings (SSSR count). The molecule has 4 aliphatic rings. The standard InChI is InChI=1S/C22H32FN3O2/c23-19-7-4-18(5-8-19)16-17-2-1-3-20(9-6-17)24-22(27)25-12-15-26(28)13-10-21(25)11-14-26/h4-5,7-8,17,20-21,28H,1-3,6,9-16H2/p+1/t17-,20+,21?,26?/m1/s1. The minimum absolute atomic E-state index is 0.0577. The Kier molecular flexibility index (Phi) is 5.88. The maximum atomic E-state index is 13.1. The van der Waals surface area contributed by atoms with Crippen LogP contribution in [0, 0.1) is 11.7 Å². The summed E-state index contributed by atoms with van der Waals surface area (Å²) in [4.78, 5) is 14.9. The lowest BCUT2D eigenvalue weighted by Crippen LogP contribution is -2.51. The number of nitrogens with zero attached hydrogens (tertiary/aromatic N) is 2. The van der Waals surface area contributed by atoms with Crippen LogP contribution in [0.15, 0.2) is 24.3 Å². The van der Waals surface area contributed by atoms with Crippen molar-refractivity contribution in [3.05, 3.63) is 35.6 Å². The Hall–Kier alpha value is -1.66. The lowest BCUT2D eigenvalue weighted by Gasteiger charge is -2.33. The van der Waals surface area contributed by atoms with E-state index in [0.29, 0.717) is 19.0 Å². The topological polar surface area (TPSA) is 52.6 Å². The van der Waals surface area contributed by atoms with Gasteiger partial charge in [0, 0.05) is 24.9 Å². The van der Waals surface area contributed by atoms with Gasteiger partial charge in [0.05, 0.1) is 6.54 Å². The lowest BCUT2D eigenvalue weighted by atomic mass is 9.92. The number of quaternary nitrogens is 1. The first kappa shape index (κ1) is 19.6. The number of carbonyl (C=O) groups is 1. The fourth-order valence-electron chi connectivity index (χ4n) is 5.25. The Morgan fingerprint density at radius 3 is 2.57 bits per heavy atom. The number of hydroxylamine groups is 3. The van der Waals surface area contributed by atoms with Gasteiger partial charge in [0.15, 0.2) is 0 Å². The van der Waals surface area contributed by atoms with E-state index in [2.05, 4.69) is 5.32 Å². The molecule has 4 fully saturated rings. The van der Waals surface area contributed by atoms with Crippen molar-refractivity contribution in [1.82, 2.24) is 10.2 Å². The van der Waals surface area contributed by atoms with Crippen molar-refractivity contribution in [2.24, 2.45) is 5.92 Å². The summed E-state index contributed by atoms with van der Waals surface area (Å²) in [6.45, 7) is 2.83. The van der Waals surface area contributed by atoms with Gasteiger partial charge in [-0.25, -0.2) is 14.4 Å². The minimum Gasteiger partial charge on any atom is -0.335 e. The average molecular weight is 391 g/mol. The molecule has 0 spiro atoms. The second-order valence-electron chi connectivity index (χ2n) is 9.04. The van der Waals surface area contributed by atoms with Crippen LogP contribution in [0.3, 0.4) is 0 Å². The van der Waals surface area contributed by atoms with Crippen molar-refractivity contribution in [1.29, 1.82) is 0 Å². The van der Waals surface area contributed by atoms with Gasteiger partial charge in [-0.1, -0.05) is 25.0 Å². The Morgan fingerprint density at radius 2 is 1.82 bits per heavy atom. The summed E-state index contributed by atoms with van der Waals surface area (Å²) < 4.78 is 13.2. The maximum absolute atomic E-state index is 13.1. The smallest absolute Gasteiger partial charge is 0.318 e. The van der Waals surface area contributed by atoms with Gasteiger partial charge in [0.2, 0.25) is 0 Å². The summed E-state index contributed by atoms with van der Waals surface area (Å²) in [5.41, 5.74) is 1.20. The van der Waals surface area contributed by atoms with Gasteiger partial charge in [-0.2, -0.15) is 4.65 Å². The van der Waals surface area contributed by atoms with Crippen LogP contribution >= 0.6 is 0 Å². The lowest BCUT2D eigenvalue weighted by molar-refractivity contribution is -1.10. The Labute approximate surface area is 167 Å². The van der Waals surface area contributed by atoms with E-state index in [4.69, 9.17) is 0 Å². The molecule has 1 aromatic rings. The number of urea groups is 1. The molecule has 0 unspecified atom stereocenters. The molecule has 1 saturated carbocycles. The van der Waals surface area contributed by atoms with Crippen molar-refractivity contribution in [3.8, 4) is 0 Å². The number of hydrogen-bond acceptors (Lipinski definition) is 2. The van der Waals surface area contributed by atoms with Crippen LogP contribution in [-0.4, -0.2) is 59.0 Å². The molecule has 6 heteroatoms. The molecule has 0 aromatic heterocycles. The molecule has 28 heavy (non-hydrogen) atoms. The van der Waals surface area contributed by atoms with E-state index in [1.165, 1.54) is 12.0 Å². The number of rotatable bonds is 3. The SMILES string of the molecule is O=C(N[C@H]1CCC[C@@H](Cc2ccc(F)cc2)CC1)N1CC[N+]2(O)CCC1CC2. The summed E-state index contributed by atoms with van der Waals surface area (Å²) >= 11 is 0. The summed E-state index contributed by atoms with van der Waals surface area (Å²) in [7, 11) is 0. The molecule has 154 valence electrons. The fraction of sp³-hybridized carbons (Fsp3) is 0.682. The fourth-order valence-corrected chi connectivity index (χ4v) is 5.25. The predicted octanol–water partition coefficient (Wildman–Crippen LogP) is 3.71. The highest BCUT2D eigenvalue weighted by Crippen LogP contribution is 2.28. The Balaban J connectivity index is 1.28. The highest BCUT2D eigenvalue weighted by molar-refractivity contribution is 5.75. The first-order valence-corrected chi connectivity index (χ1v) is 10.9. The zero-order valence-corrected chi connectivity index (χ0v) is 16.7. The first-order chi connectivity index (χ1) is 13.5. The molecular formula is C22H33FN3O2+. The third-order valence-electron chi connectivity index (χ3n) is 7.07. The zero-order chi connectivity index (χ0) is 19.6. The van der Waals surface area contributed by atoms with Crippen LogP contribution in [0.25, 0.3) is 0 Å². The summed E-state index contributed by atoms with van der Waals surface area (Å²) in [6.07, 6.45) is 8.22. The Bertz CT molecular complexity index is 673. The van der Waals surface area contributed by atoms with E-state index >= 15 is 0 Å². The molecule has 2 bridgehead atoms. The normalized spacial score (nSPS) is 33.2. The van der Waals surface area contributed by atoms with Crippen molar-refractivity contribution in [2.45, 2.75) is 63.5 Å². The number of hydrogen-bond donors (Lipinski definition) is 2.